The molecule has 190 valence electrons. The minimum absolute atomic E-state index is 0.0443. The fourth-order valence-electron chi connectivity index (χ4n) is 4.81. The summed E-state index contributed by atoms with van der Waals surface area (Å²) in [6.07, 6.45) is -7.63. The van der Waals surface area contributed by atoms with Gasteiger partial charge in [-0.05, 0) is 89.9 Å². The molecule has 2 fully saturated rings. The molecular weight excluding hydrogens is 438 g/mol. The summed E-state index contributed by atoms with van der Waals surface area (Å²) in [5, 5.41) is 9.57. The molecule has 0 aromatic carbocycles. The molecule has 0 heterocycles. The van der Waals surface area contributed by atoms with Crippen LogP contribution in [0.5, 0.6) is 0 Å². The SMILES string of the molecule is CC1C2CC(CC(C)(O)C(F)(F)F)C(C2)C1C.CCC(C)(C(=O)OC(C)(C)C)C(F)(F)F. The summed E-state index contributed by atoms with van der Waals surface area (Å²) in [5.74, 6) is 0.913. The molecule has 2 bridgehead atoms. The largest absolute Gasteiger partial charge is 0.459 e. The lowest BCUT2D eigenvalue weighted by Gasteiger charge is -2.36. The van der Waals surface area contributed by atoms with Gasteiger partial charge in [-0.25, -0.2) is 0 Å². The van der Waals surface area contributed by atoms with Crippen molar-refractivity contribution < 1.29 is 41.0 Å². The molecule has 2 aliphatic rings. The van der Waals surface area contributed by atoms with E-state index in [0.717, 1.165) is 26.7 Å². The third kappa shape index (κ3) is 6.32. The van der Waals surface area contributed by atoms with Crippen molar-refractivity contribution in [3.63, 3.8) is 0 Å². The fourth-order valence-corrected chi connectivity index (χ4v) is 4.81. The van der Waals surface area contributed by atoms with E-state index in [0.29, 0.717) is 23.7 Å². The molecular formula is C23H38F6O3. The highest BCUT2D eigenvalue weighted by Gasteiger charge is 2.57. The molecule has 2 aliphatic carbocycles. The Morgan fingerprint density at radius 2 is 1.41 bits per heavy atom. The van der Waals surface area contributed by atoms with Crippen LogP contribution >= 0.6 is 0 Å². The first-order valence-electron chi connectivity index (χ1n) is 11.2. The number of ether oxygens (including phenoxy) is 1. The van der Waals surface area contributed by atoms with E-state index in [1.54, 1.807) is 0 Å². The molecule has 0 radical (unpaired) electrons. The molecule has 7 unspecified atom stereocenters. The van der Waals surface area contributed by atoms with E-state index >= 15 is 0 Å². The van der Waals surface area contributed by atoms with Crippen molar-refractivity contribution in [3.05, 3.63) is 0 Å². The number of carbonyl (C=O) groups is 1. The minimum atomic E-state index is -4.58. The Morgan fingerprint density at radius 3 is 1.72 bits per heavy atom. The number of alkyl halides is 6. The third-order valence-corrected chi connectivity index (χ3v) is 7.49. The van der Waals surface area contributed by atoms with Crippen molar-refractivity contribution in [1.29, 1.82) is 0 Å². The predicted octanol–water partition coefficient (Wildman–Crippen LogP) is 6.92. The maximum Gasteiger partial charge on any atom is 0.416 e. The van der Waals surface area contributed by atoms with Gasteiger partial charge >= 0.3 is 18.3 Å². The van der Waals surface area contributed by atoms with Gasteiger partial charge in [-0.1, -0.05) is 20.8 Å². The van der Waals surface area contributed by atoms with Gasteiger partial charge in [0.05, 0.1) is 0 Å². The van der Waals surface area contributed by atoms with Gasteiger partial charge in [0.25, 0.3) is 0 Å². The van der Waals surface area contributed by atoms with Crippen LogP contribution in [0.1, 0.15) is 81.1 Å². The Morgan fingerprint density at radius 1 is 0.906 bits per heavy atom. The molecule has 1 N–H and O–H groups in total. The van der Waals surface area contributed by atoms with Gasteiger partial charge in [0, 0.05) is 0 Å². The molecule has 2 rings (SSSR count). The zero-order valence-corrected chi connectivity index (χ0v) is 20.2. The molecule has 0 spiro atoms. The van der Waals surface area contributed by atoms with Crippen LogP contribution in [0.2, 0.25) is 0 Å². The van der Waals surface area contributed by atoms with E-state index in [9.17, 15) is 36.2 Å². The molecule has 0 saturated heterocycles. The summed E-state index contributed by atoms with van der Waals surface area (Å²) in [6.45, 7) is 12.1. The van der Waals surface area contributed by atoms with Crippen LogP contribution in [0, 0.1) is 35.0 Å². The number of carbonyl (C=O) groups excluding carboxylic acids is 1. The molecule has 7 atom stereocenters. The Labute approximate surface area is 187 Å². The van der Waals surface area contributed by atoms with E-state index in [1.807, 2.05) is 0 Å². The quantitative estimate of drug-likeness (QED) is 0.354. The smallest absolute Gasteiger partial charge is 0.416 e. The lowest BCUT2D eigenvalue weighted by atomic mass is 9.72. The van der Waals surface area contributed by atoms with Crippen LogP contribution < -0.4 is 0 Å². The molecule has 0 aliphatic heterocycles. The maximum absolute atomic E-state index is 12.7. The van der Waals surface area contributed by atoms with Gasteiger partial charge in [0.2, 0.25) is 0 Å². The first kappa shape index (κ1) is 29.0. The normalized spacial score (nSPS) is 31.9. The van der Waals surface area contributed by atoms with Crippen molar-refractivity contribution in [2.45, 2.75) is 105 Å². The molecule has 0 aromatic rings. The lowest BCUT2D eigenvalue weighted by molar-refractivity contribution is -0.260. The van der Waals surface area contributed by atoms with E-state index in [4.69, 9.17) is 4.74 Å². The van der Waals surface area contributed by atoms with Crippen LogP contribution in [0.15, 0.2) is 0 Å². The van der Waals surface area contributed by atoms with Gasteiger partial charge in [-0.3, -0.25) is 4.79 Å². The summed E-state index contributed by atoms with van der Waals surface area (Å²) < 4.78 is 80.6. The predicted molar refractivity (Wildman–Crippen MR) is 110 cm³/mol. The van der Waals surface area contributed by atoms with Crippen LogP contribution in [-0.4, -0.2) is 34.6 Å². The summed E-state index contributed by atoms with van der Waals surface area (Å²) in [5.41, 5.74) is -5.84. The van der Waals surface area contributed by atoms with Crippen molar-refractivity contribution in [2.24, 2.45) is 35.0 Å². The van der Waals surface area contributed by atoms with Gasteiger partial charge in [-0.2, -0.15) is 26.3 Å². The first-order chi connectivity index (χ1) is 14.1. The van der Waals surface area contributed by atoms with Crippen LogP contribution in [-0.2, 0) is 9.53 Å². The highest BCUT2D eigenvalue weighted by molar-refractivity contribution is 5.77. The second kappa shape index (κ2) is 9.34. The molecule has 9 heteroatoms. The molecule has 0 amide bonds. The Bertz CT molecular complexity index is 648. The summed E-state index contributed by atoms with van der Waals surface area (Å²) in [4.78, 5) is 11.4. The average Bonchev–Trinajstić information content (AvgIpc) is 3.10. The second-order valence-corrected chi connectivity index (χ2v) is 11.0. The summed E-state index contributed by atoms with van der Waals surface area (Å²) >= 11 is 0. The third-order valence-electron chi connectivity index (χ3n) is 7.49. The van der Waals surface area contributed by atoms with Crippen LogP contribution in [0.4, 0.5) is 26.3 Å². The van der Waals surface area contributed by atoms with Gasteiger partial charge in [0.1, 0.15) is 5.60 Å². The fraction of sp³-hybridized carbons (Fsp3) is 0.957. The van der Waals surface area contributed by atoms with Crippen LogP contribution in [0.25, 0.3) is 0 Å². The summed E-state index contributed by atoms with van der Waals surface area (Å²) in [6, 6.07) is 0. The molecule has 2 saturated carbocycles. The Hall–Kier alpha value is -0.990. The topological polar surface area (TPSA) is 46.5 Å². The van der Waals surface area contributed by atoms with E-state index in [-0.39, 0.29) is 18.8 Å². The zero-order chi connectivity index (χ0) is 25.5. The van der Waals surface area contributed by atoms with E-state index < -0.39 is 34.9 Å². The van der Waals surface area contributed by atoms with Crippen LogP contribution in [0.3, 0.4) is 0 Å². The average molecular weight is 477 g/mol. The summed E-state index contributed by atoms with van der Waals surface area (Å²) in [7, 11) is 0. The second-order valence-electron chi connectivity index (χ2n) is 11.0. The molecule has 32 heavy (non-hydrogen) atoms. The van der Waals surface area contributed by atoms with Crippen molar-refractivity contribution in [2.75, 3.05) is 0 Å². The Balaban J connectivity index is 0.000000324. The number of esters is 1. The van der Waals surface area contributed by atoms with Gasteiger partial charge in [-0.15, -0.1) is 0 Å². The zero-order valence-electron chi connectivity index (χ0n) is 20.2. The minimum Gasteiger partial charge on any atom is -0.459 e. The lowest BCUT2D eigenvalue weighted by Crippen LogP contribution is -2.45. The highest BCUT2D eigenvalue weighted by atomic mass is 19.4. The first-order valence-corrected chi connectivity index (χ1v) is 11.2. The maximum atomic E-state index is 12.7. The number of rotatable bonds is 4. The highest BCUT2D eigenvalue weighted by Crippen LogP contribution is 2.57. The number of hydrogen-bond acceptors (Lipinski definition) is 3. The van der Waals surface area contributed by atoms with Crippen molar-refractivity contribution in [3.8, 4) is 0 Å². The Kier molecular flexibility index (Phi) is 8.47. The number of halogens is 6. The van der Waals surface area contributed by atoms with Crippen molar-refractivity contribution >= 4 is 5.97 Å². The number of aliphatic hydroxyl groups is 1. The standard InChI is InChI=1S/C13H21F3O.C10H17F3O2/c1-7-8(2)11-5-9(7)4-10(11)6-12(3,17)13(14,15)16;1-6-9(5,10(11,12)13)7(14)15-8(2,3)4/h7-11,17H,4-6H2,1-3H3;6H2,1-5H3. The molecule has 0 aromatic heterocycles. The monoisotopic (exact) mass is 476 g/mol. The molecule has 3 nitrogen and oxygen atoms in total. The van der Waals surface area contributed by atoms with Gasteiger partial charge in [0.15, 0.2) is 11.0 Å². The van der Waals surface area contributed by atoms with Crippen molar-refractivity contribution in [1.82, 2.24) is 0 Å². The van der Waals surface area contributed by atoms with E-state index in [2.05, 4.69) is 13.8 Å². The van der Waals surface area contributed by atoms with Gasteiger partial charge < -0.3 is 9.84 Å². The number of hydrogen-bond donors (Lipinski definition) is 1. The van der Waals surface area contributed by atoms with E-state index in [1.165, 1.54) is 27.7 Å². The number of fused-ring (bicyclic) bond motifs is 2.